The first-order valence-electron chi connectivity index (χ1n) is 12.5. The summed E-state index contributed by atoms with van der Waals surface area (Å²) in [4.78, 5) is 13.2. The van der Waals surface area contributed by atoms with Gasteiger partial charge in [0.2, 0.25) is 0 Å². The SMILES string of the molecule is Cc1cccc(Cl)c1S(=O)(=O)Nc1cccc(C(c2c(O)c3c(oc2=O)CCCCCC3)C2CC2)c1. The van der Waals surface area contributed by atoms with Crippen molar-refractivity contribution < 1.29 is 17.9 Å². The molecule has 2 aromatic carbocycles. The third kappa shape index (κ3) is 4.91. The van der Waals surface area contributed by atoms with Crippen LogP contribution in [0.15, 0.2) is 56.6 Å². The van der Waals surface area contributed by atoms with Crippen LogP contribution in [0.3, 0.4) is 0 Å². The van der Waals surface area contributed by atoms with Crippen LogP contribution in [0.4, 0.5) is 5.69 Å². The standard InChI is InChI=1S/C28H30ClNO5S/c1-17-8-6-12-22(29)27(17)36(33,34)30-20-10-7-9-19(16-20)24(18-14-15-18)25-26(31)21-11-4-2-3-5-13-23(21)35-28(25)32/h6-10,12,16,18,24,30-31H,2-5,11,13-15H2,1H3. The van der Waals surface area contributed by atoms with Crippen molar-refractivity contribution in [1.29, 1.82) is 0 Å². The molecule has 8 heteroatoms. The molecule has 1 saturated carbocycles. The molecule has 0 aliphatic heterocycles. The highest BCUT2D eigenvalue weighted by molar-refractivity contribution is 7.92. The largest absolute Gasteiger partial charge is 0.507 e. The van der Waals surface area contributed by atoms with Crippen LogP contribution in [0.2, 0.25) is 5.02 Å². The highest BCUT2D eigenvalue weighted by Crippen LogP contribution is 2.49. The maximum atomic E-state index is 13.2. The number of aryl methyl sites for hydroxylation is 2. The van der Waals surface area contributed by atoms with Crippen LogP contribution in [0, 0.1) is 12.8 Å². The van der Waals surface area contributed by atoms with Gasteiger partial charge >= 0.3 is 5.63 Å². The lowest BCUT2D eigenvalue weighted by Gasteiger charge is -2.22. The first kappa shape index (κ1) is 24.9. The molecule has 0 spiro atoms. The lowest BCUT2D eigenvalue weighted by atomic mass is 9.85. The molecule has 2 aliphatic carbocycles. The minimum atomic E-state index is -3.93. The normalized spacial score (nSPS) is 17.1. The molecule has 2 aliphatic rings. The van der Waals surface area contributed by atoms with E-state index in [-0.39, 0.29) is 27.5 Å². The van der Waals surface area contributed by atoms with Crippen molar-refractivity contribution >= 4 is 27.3 Å². The van der Waals surface area contributed by atoms with E-state index in [1.807, 2.05) is 6.07 Å². The maximum absolute atomic E-state index is 13.2. The Labute approximate surface area is 216 Å². The maximum Gasteiger partial charge on any atom is 0.343 e. The van der Waals surface area contributed by atoms with Gasteiger partial charge in [0.05, 0.1) is 10.6 Å². The van der Waals surface area contributed by atoms with E-state index in [2.05, 4.69) is 4.72 Å². The van der Waals surface area contributed by atoms with Gasteiger partial charge in [0.15, 0.2) is 0 Å². The molecule has 0 amide bonds. The molecule has 0 bridgehead atoms. The van der Waals surface area contributed by atoms with Crippen molar-refractivity contribution in [2.75, 3.05) is 4.72 Å². The number of aromatic hydroxyl groups is 1. The van der Waals surface area contributed by atoms with Gasteiger partial charge in [-0.25, -0.2) is 13.2 Å². The molecule has 5 rings (SSSR count). The Bertz CT molecular complexity index is 1440. The molecule has 0 saturated heterocycles. The van der Waals surface area contributed by atoms with E-state index in [0.29, 0.717) is 35.4 Å². The second-order valence-electron chi connectivity index (χ2n) is 9.90. The predicted octanol–water partition coefficient (Wildman–Crippen LogP) is 6.31. The lowest BCUT2D eigenvalue weighted by Crippen LogP contribution is -2.19. The van der Waals surface area contributed by atoms with Crippen molar-refractivity contribution in [2.24, 2.45) is 5.92 Å². The molecule has 190 valence electrons. The van der Waals surface area contributed by atoms with Gasteiger partial charge in [-0.3, -0.25) is 4.72 Å². The van der Waals surface area contributed by atoms with E-state index in [4.69, 9.17) is 16.0 Å². The Morgan fingerprint density at radius 3 is 2.50 bits per heavy atom. The second kappa shape index (κ2) is 9.94. The molecule has 3 aromatic rings. The number of hydrogen-bond donors (Lipinski definition) is 2. The van der Waals surface area contributed by atoms with Crippen LogP contribution in [0.5, 0.6) is 5.75 Å². The van der Waals surface area contributed by atoms with Crippen molar-refractivity contribution in [3.8, 4) is 5.75 Å². The van der Waals surface area contributed by atoms with Gasteiger partial charge in [-0.15, -0.1) is 0 Å². The smallest absolute Gasteiger partial charge is 0.343 e. The Morgan fingerprint density at radius 2 is 1.78 bits per heavy atom. The van der Waals surface area contributed by atoms with Gasteiger partial charge in [-0.1, -0.05) is 48.7 Å². The van der Waals surface area contributed by atoms with E-state index >= 15 is 0 Å². The summed E-state index contributed by atoms with van der Waals surface area (Å²) in [7, 11) is -3.93. The third-order valence-corrected chi connectivity index (χ3v) is 9.24. The zero-order valence-corrected chi connectivity index (χ0v) is 21.8. The fourth-order valence-corrected chi connectivity index (χ4v) is 7.24. The van der Waals surface area contributed by atoms with Crippen molar-refractivity contribution in [3.05, 3.63) is 85.9 Å². The summed E-state index contributed by atoms with van der Waals surface area (Å²) in [6.45, 7) is 1.70. The van der Waals surface area contributed by atoms with Crippen molar-refractivity contribution in [1.82, 2.24) is 0 Å². The van der Waals surface area contributed by atoms with E-state index in [1.54, 1.807) is 43.3 Å². The van der Waals surface area contributed by atoms with Crippen molar-refractivity contribution in [2.45, 2.75) is 69.1 Å². The first-order chi connectivity index (χ1) is 17.3. The third-order valence-electron chi connectivity index (χ3n) is 7.23. The number of benzene rings is 2. The first-order valence-corrected chi connectivity index (χ1v) is 14.4. The Balaban J connectivity index is 1.54. The second-order valence-corrected chi connectivity index (χ2v) is 11.9. The fourth-order valence-electron chi connectivity index (χ4n) is 5.36. The zero-order valence-electron chi connectivity index (χ0n) is 20.2. The van der Waals surface area contributed by atoms with Crippen LogP contribution in [0.25, 0.3) is 0 Å². The van der Waals surface area contributed by atoms with Gasteiger partial charge in [0.1, 0.15) is 16.4 Å². The summed E-state index contributed by atoms with van der Waals surface area (Å²) in [5, 5.41) is 11.5. The Hall–Kier alpha value is -2.77. The molecule has 1 fully saturated rings. The molecular formula is C28H30ClNO5S. The van der Waals surface area contributed by atoms with Crippen molar-refractivity contribution in [3.63, 3.8) is 0 Å². The summed E-state index contributed by atoms with van der Waals surface area (Å²) >= 11 is 6.21. The summed E-state index contributed by atoms with van der Waals surface area (Å²) in [5.74, 6) is 0.469. The van der Waals surface area contributed by atoms with Gasteiger partial charge in [-0.2, -0.15) is 0 Å². The number of rotatable bonds is 6. The molecule has 1 unspecified atom stereocenters. The number of anilines is 1. The Kier molecular flexibility index (Phi) is 6.88. The van der Waals surface area contributed by atoms with E-state index in [0.717, 1.165) is 49.7 Å². The minimum Gasteiger partial charge on any atom is -0.507 e. The zero-order chi connectivity index (χ0) is 25.4. The van der Waals surface area contributed by atoms with Crippen LogP contribution in [-0.4, -0.2) is 13.5 Å². The van der Waals surface area contributed by atoms with Crippen LogP contribution in [0.1, 0.15) is 72.5 Å². The summed E-state index contributed by atoms with van der Waals surface area (Å²) < 4.78 is 34.8. The molecule has 1 heterocycles. The number of sulfonamides is 1. The quantitative estimate of drug-likeness (QED) is 0.391. The van der Waals surface area contributed by atoms with E-state index < -0.39 is 15.6 Å². The number of hydrogen-bond acceptors (Lipinski definition) is 5. The summed E-state index contributed by atoms with van der Waals surface area (Å²) in [5.41, 5.74) is 2.22. The Morgan fingerprint density at radius 1 is 1.06 bits per heavy atom. The number of fused-ring (bicyclic) bond motifs is 1. The number of nitrogens with one attached hydrogen (secondary N) is 1. The monoisotopic (exact) mass is 527 g/mol. The topological polar surface area (TPSA) is 96.6 Å². The lowest BCUT2D eigenvalue weighted by molar-refractivity contribution is 0.382. The van der Waals surface area contributed by atoms with Gasteiger partial charge in [-0.05, 0) is 74.3 Å². The fraction of sp³-hybridized carbons (Fsp3) is 0.393. The van der Waals surface area contributed by atoms with E-state index in [1.165, 1.54) is 0 Å². The molecule has 1 aromatic heterocycles. The summed E-state index contributed by atoms with van der Waals surface area (Å²) in [6.07, 6.45) is 7.26. The average Bonchev–Trinajstić information content (AvgIpc) is 3.62. The molecule has 2 N–H and O–H groups in total. The van der Waals surface area contributed by atoms with Crippen LogP contribution < -0.4 is 10.3 Å². The predicted molar refractivity (Wildman–Crippen MR) is 141 cm³/mol. The van der Waals surface area contributed by atoms with E-state index in [9.17, 15) is 18.3 Å². The van der Waals surface area contributed by atoms with Gasteiger partial charge in [0.25, 0.3) is 10.0 Å². The minimum absolute atomic E-state index is 0.0378. The molecule has 6 nitrogen and oxygen atoms in total. The van der Waals surface area contributed by atoms with Gasteiger partial charge in [0, 0.05) is 23.6 Å². The highest BCUT2D eigenvalue weighted by atomic mass is 35.5. The van der Waals surface area contributed by atoms with Gasteiger partial charge < -0.3 is 9.52 Å². The molecule has 1 atom stereocenters. The van der Waals surface area contributed by atoms with Crippen LogP contribution >= 0.6 is 11.6 Å². The molecule has 0 radical (unpaired) electrons. The summed E-state index contributed by atoms with van der Waals surface area (Å²) in [6, 6.07) is 12.0. The average molecular weight is 528 g/mol. The molecule has 36 heavy (non-hydrogen) atoms. The molecular weight excluding hydrogens is 498 g/mol. The number of halogens is 1. The van der Waals surface area contributed by atoms with Crippen LogP contribution in [-0.2, 0) is 22.9 Å². The highest BCUT2D eigenvalue weighted by Gasteiger charge is 2.38.